The summed E-state index contributed by atoms with van der Waals surface area (Å²) in [5, 5.41) is 3.89. The van der Waals surface area contributed by atoms with Crippen molar-refractivity contribution in [2.45, 2.75) is 20.3 Å². The lowest BCUT2D eigenvalue weighted by molar-refractivity contribution is 0.0955. The van der Waals surface area contributed by atoms with Gasteiger partial charge in [0.2, 0.25) is 0 Å². The van der Waals surface area contributed by atoms with Crippen LogP contribution in [0.2, 0.25) is 0 Å². The van der Waals surface area contributed by atoms with Crippen LogP contribution < -0.4 is 5.32 Å². The second kappa shape index (κ2) is 6.59. The zero-order chi connectivity index (χ0) is 18.1. The van der Waals surface area contributed by atoms with Gasteiger partial charge in [-0.15, -0.1) is 0 Å². The summed E-state index contributed by atoms with van der Waals surface area (Å²) >= 11 is 0. The number of nitrogens with one attached hydrogen (secondary N) is 2. The Hall–Kier alpha value is -3.21. The number of aryl methyl sites for hydroxylation is 2. The van der Waals surface area contributed by atoms with Crippen molar-refractivity contribution in [1.82, 2.24) is 20.3 Å². The molecule has 2 aromatic carbocycles. The molecule has 0 saturated heterocycles. The molecule has 2 heterocycles. The zero-order valence-corrected chi connectivity index (χ0v) is 14.8. The Bertz CT molecular complexity index is 1080. The second-order valence-corrected chi connectivity index (χ2v) is 6.54. The van der Waals surface area contributed by atoms with Crippen LogP contribution in [0, 0.1) is 13.8 Å². The Balaban J connectivity index is 1.51. The molecule has 26 heavy (non-hydrogen) atoms. The van der Waals surface area contributed by atoms with Gasteiger partial charge in [-0.3, -0.25) is 9.78 Å². The summed E-state index contributed by atoms with van der Waals surface area (Å²) in [6.45, 7) is 4.44. The first-order valence-electron chi connectivity index (χ1n) is 8.70. The van der Waals surface area contributed by atoms with E-state index < -0.39 is 0 Å². The van der Waals surface area contributed by atoms with Crippen LogP contribution in [-0.4, -0.2) is 27.4 Å². The summed E-state index contributed by atoms with van der Waals surface area (Å²) in [6.07, 6.45) is 0.654. The minimum atomic E-state index is -0.0813. The van der Waals surface area contributed by atoms with Crippen LogP contribution in [0.5, 0.6) is 0 Å². The van der Waals surface area contributed by atoms with Crippen molar-refractivity contribution >= 4 is 27.8 Å². The molecule has 0 aliphatic carbocycles. The monoisotopic (exact) mass is 344 g/mol. The third kappa shape index (κ3) is 3.16. The Kier molecular flexibility index (Phi) is 4.13. The van der Waals surface area contributed by atoms with Crippen molar-refractivity contribution in [1.29, 1.82) is 0 Å². The number of pyridine rings is 1. The molecule has 0 atom stereocenters. The molecule has 4 rings (SSSR count). The maximum Gasteiger partial charge on any atom is 0.252 e. The van der Waals surface area contributed by atoms with Crippen LogP contribution in [0.3, 0.4) is 0 Å². The standard InChI is InChI=1S/C21H20N4O/c1-13-7-8-17-15(11-13)16(12-14(2)23-17)21(26)22-10-9-20-24-18-5-3-4-6-19(18)25-20/h3-8,11-12H,9-10H2,1-2H3,(H,22,26)(H,24,25). The van der Waals surface area contributed by atoms with Gasteiger partial charge in [0.15, 0.2) is 0 Å². The van der Waals surface area contributed by atoms with Crippen molar-refractivity contribution in [3.05, 3.63) is 71.2 Å². The molecule has 0 saturated carbocycles. The van der Waals surface area contributed by atoms with Crippen molar-refractivity contribution < 1.29 is 4.79 Å². The number of carbonyl (C=O) groups excluding carboxylic acids is 1. The molecule has 0 spiro atoms. The van der Waals surface area contributed by atoms with Gasteiger partial charge in [-0.25, -0.2) is 4.98 Å². The topological polar surface area (TPSA) is 70.7 Å². The summed E-state index contributed by atoms with van der Waals surface area (Å²) in [7, 11) is 0. The fraction of sp³-hybridized carbons (Fsp3) is 0.190. The number of nitrogens with zero attached hydrogens (tertiary/aromatic N) is 2. The molecule has 2 aromatic heterocycles. The van der Waals surface area contributed by atoms with Crippen LogP contribution in [0.15, 0.2) is 48.5 Å². The first-order valence-corrected chi connectivity index (χ1v) is 8.70. The molecule has 0 aliphatic rings. The largest absolute Gasteiger partial charge is 0.352 e. The predicted molar refractivity (Wildman–Crippen MR) is 103 cm³/mol. The maximum absolute atomic E-state index is 12.7. The number of fused-ring (bicyclic) bond motifs is 2. The van der Waals surface area contributed by atoms with E-state index in [0.717, 1.165) is 39.0 Å². The highest BCUT2D eigenvalue weighted by Crippen LogP contribution is 2.20. The Morgan fingerprint density at radius 2 is 1.88 bits per heavy atom. The van der Waals surface area contributed by atoms with Crippen LogP contribution in [0.1, 0.15) is 27.4 Å². The predicted octanol–water partition coefficient (Wildman–Crippen LogP) is 3.70. The van der Waals surface area contributed by atoms with E-state index >= 15 is 0 Å². The fourth-order valence-corrected chi connectivity index (χ4v) is 3.17. The molecule has 1 amide bonds. The number of H-pyrrole nitrogens is 1. The molecule has 0 bridgehead atoms. The summed E-state index contributed by atoms with van der Waals surface area (Å²) in [5.41, 5.74) is 5.42. The normalized spacial score (nSPS) is 11.2. The van der Waals surface area contributed by atoms with E-state index in [9.17, 15) is 4.79 Å². The van der Waals surface area contributed by atoms with Gasteiger partial charge in [-0.1, -0.05) is 23.8 Å². The Morgan fingerprint density at radius 3 is 2.73 bits per heavy atom. The summed E-state index contributed by atoms with van der Waals surface area (Å²) in [6, 6.07) is 15.7. The van der Waals surface area contributed by atoms with Gasteiger partial charge < -0.3 is 10.3 Å². The lowest BCUT2D eigenvalue weighted by atomic mass is 10.0. The number of aromatic nitrogens is 3. The summed E-state index contributed by atoms with van der Waals surface area (Å²) in [4.78, 5) is 25.1. The highest BCUT2D eigenvalue weighted by atomic mass is 16.1. The quantitative estimate of drug-likeness (QED) is 0.593. The van der Waals surface area contributed by atoms with Crippen molar-refractivity contribution in [3.63, 3.8) is 0 Å². The summed E-state index contributed by atoms with van der Waals surface area (Å²) in [5.74, 6) is 0.792. The number of carbonyl (C=O) groups is 1. The van der Waals surface area contributed by atoms with E-state index in [1.165, 1.54) is 0 Å². The van der Waals surface area contributed by atoms with Crippen molar-refractivity contribution in [3.8, 4) is 0 Å². The van der Waals surface area contributed by atoms with Crippen molar-refractivity contribution in [2.75, 3.05) is 6.54 Å². The van der Waals surface area contributed by atoms with Crippen LogP contribution in [-0.2, 0) is 6.42 Å². The molecule has 0 radical (unpaired) electrons. The number of aromatic amines is 1. The minimum Gasteiger partial charge on any atom is -0.352 e. The SMILES string of the molecule is Cc1ccc2nc(C)cc(C(=O)NCCc3nc4ccccc4[nH]3)c2c1. The number of imidazole rings is 1. The molecule has 0 fully saturated rings. The molecule has 5 nitrogen and oxygen atoms in total. The van der Waals surface area contributed by atoms with E-state index in [2.05, 4.69) is 20.3 Å². The highest BCUT2D eigenvalue weighted by molar-refractivity contribution is 6.06. The van der Waals surface area contributed by atoms with Crippen molar-refractivity contribution in [2.24, 2.45) is 0 Å². The van der Waals surface area contributed by atoms with E-state index in [4.69, 9.17) is 0 Å². The Labute approximate surface area is 151 Å². The molecular weight excluding hydrogens is 324 g/mol. The molecule has 130 valence electrons. The van der Waals surface area contributed by atoms with Crippen LogP contribution in [0.4, 0.5) is 0 Å². The van der Waals surface area contributed by atoms with Gasteiger partial charge in [0.1, 0.15) is 5.82 Å². The number of rotatable bonds is 4. The lowest BCUT2D eigenvalue weighted by Crippen LogP contribution is -2.26. The second-order valence-electron chi connectivity index (χ2n) is 6.54. The average molecular weight is 344 g/mol. The van der Waals surface area contributed by atoms with Gasteiger partial charge in [0, 0.05) is 24.0 Å². The maximum atomic E-state index is 12.7. The number of hydrogen-bond donors (Lipinski definition) is 2. The smallest absolute Gasteiger partial charge is 0.252 e. The first-order chi connectivity index (χ1) is 12.6. The third-order valence-electron chi connectivity index (χ3n) is 4.42. The average Bonchev–Trinajstić information content (AvgIpc) is 3.04. The molecule has 5 heteroatoms. The van der Waals surface area contributed by atoms with Crippen LogP contribution in [0.25, 0.3) is 21.9 Å². The lowest BCUT2D eigenvalue weighted by Gasteiger charge is -2.09. The zero-order valence-electron chi connectivity index (χ0n) is 14.8. The summed E-state index contributed by atoms with van der Waals surface area (Å²) < 4.78 is 0. The first kappa shape index (κ1) is 16.3. The number of para-hydroxylation sites is 2. The van der Waals surface area contributed by atoms with Gasteiger partial charge in [0.25, 0.3) is 5.91 Å². The molecule has 0 unspecified atom stereocenters. The van der Waals surface area contributed by atoms with E-state index in [-0.39, 0.29) is 5.91 Å². The van der Waals surface area contributed by atoms with Gasteiger partial charge in [-0.05, 0) is 44.2 Å². The van der Waals surface area contributed by atoms with Gasteiger partial charge in [0.05, 0.1) is 22.1 Å². The van der Waals surface area contributed by atoms with Gasteiger partial charge in [-0.2, -0.15) is 0 Å². The number of amides is 1. The third-order valence-corrected chi connectivity index (χ3v) is 4.42. The van der Waals surface area contributed by atoms with E-state index in [1.54, 1.807) is 0 Å². The minimum absolute atomic E-state index is 0.0813. The molecular formula is C21H20N4O. The van der Waals surface area contributed by atoms with Crippen LogP contribution >= 0.6 is 0 Å². The fourth-order valence-electron chi connectivity index (χ4n) is 3.17. The van der Waals surface area contributed by atoms with E-state index in [1.807, 2.05) is 62.4 Å². The number of hydrogen-bond acceptors (Lipinski definition) is 3. The van der Waals surface area contributed by atoms with E-state index in [0.29, 0.717) is 18.5 Å². The Morgan fingerprint density at radius 1 is 1.04 bits per heavy atom. The van der Waals surface area contributed by atoms with Gasteiger partial charge >= 0.3 is 0 Å². The molecule has 0 aliphatic heterocycles. The molecule has 2 N–H and O–H groups in total. The highest BCUT2D eigenvalue weighted by Gasteiger charge is 2.12. The molecule has 4 aromatic rings. The number of benzene rings is 2.